The van der Waals surface area contributed by atoms with Crippen LogP contribution in [0.25, 0.3) is 0 Å². The number of nitrogens with one attached hydrogen (secondary N) is 2. The molecule has 0 radical (unpaired) electrons. The van der Waals surface area contributed by atoms with Crippen molar-refractivity contribution in [1.29, 1.82) is 0 Å². The number of nitrogens with zero attached hydrogens (tertiary/aromatic N) is 2. The molecule has 0 amide bonds. The predicted molar refractivity (Wildman–Crippen MR) is 65.8 cm³/mol. The first-order chi connectivity index (χ1) is 8.26. The van der Waals surface area contributed by atoms with E-state index in [1.54, 1.807) is 20.1 Å². The van der Waals surface area contributed by atoms with Gasteiger partial charge in [-0.15, -0.1) is 0 Å². The number of hydrogen-bond donors (Lipinski definition) is 3. The summed E-state index contributed by atoms with van der Waals surface area (Å²) in [5.41, 5.74) is 2.49. The number of rotatable bonds is 8. The topological polar surface area (TPSA) is 94.3 Å². The minimum Gasteiger partial charge on any atom is -0.382 e. The normalized spacial score (nSPS) is 10.3. The minimum atomic E-state index is 0.584. The SMILES string of the molecule is COCCOCCNc1cc(NN)nc(C)n1. The summed E-state index contributed by atoms with van der Waals surface area (Å²) in [7, 11) is 1.65. The molecular weight excluding hydrogens is 222 g/mol. The van der Waals surface area contributed by atoms with Gasteiger partial charge in [-0.2, -0.15) is 0 Å². The van der Waals surface area contributed by atoms with Crippen molar-refractivity contribution in [2.24, 2.45) is 5.84 Å². The summed E-state index contributed by atoms with van der Waals surface area (Å²) >= 11 is 0. The van der Waals surface area contributed by atoms with Gasteiger partial charge in [0.15, 0.2) is 0 Å². The van der Waals surface area contributed by atoms with E-state index in [0.717, 1.165) is 5.82 Å². The van der Waals surface area contributed by atoms with Crippen molar-refractivity contribution in [3.8, 4) is 0 Å². The Labute approximate surface area is 101 Å². The Morgan fingerprint density at radius 3 is 2.71 bits per heavy atom. The van der Waals surface area contributed by atoms with Gasteiger partial charge in [0.25, 0.3) is 0 Å². The highest BCUT2D eigenvalue weighted by atomic mass is 16.5. The molecule has 1 rings (SSSR count). The van der Waals surface area contributed by atoms with Crippen LogP contribution in [0.1, 0.15) is 5.82 Å². The summed E-state index contributed by atoms with van der Waals surface area (Å²) in [5, 5.41) is 3.12. The van der Waals surface area contributed by atoms with Crippen LogP contribution >= 0.6 is 0 Å². The van der Waals surface area contributed by atoms with Gasteiger partial charge in [0.05, 0.1) is 19.8 Å². The second-order valence-electron chi connectivity index (χ2n) is 3.36. The predicted octanol–water partition coefficient (Wildman–Crippen LogP) is 0.146. The van der Waals surface area contributed by atoms with Crippen LogP contribution < -0.4 is 16.6 Å². The molecule has 0 bridgehead atoms. The number of hydrazine groups is 1. The number of anilines is 2. The molecule has 0 spiro atoms. The van der Waals surface area contributed by atoms with Crippen LogP contribution in [-0.4, -0.2) is 43.4 Å². The zero-order valence-corrected chi connectivity index (χ0v) is 10.2. The molecule has 17 heavy (non-hydrogen) atoms. The van der Waals surface area contributed by atoms with Gasteiger partial charge in [0.2, 0.25) is 0 Å². The molecule has 4 N–H and O–H groups in total. The van der Waals surface area contributed by atoms with Crippen LogP contribution in [0, 0.1) is 6.92 Å². The van der Waals surface area contributed by atoms with Crippen LogP contribution in [0.4, 0.5) is 11.6 Å². The molecule has 1 heterocycles. The Bertz CT molecular complexity index is 334. The van der Waals surface area contributed by atoms with Crippen LogP contribution in [-0.2, 0) is 9.47 Å². The molecule has 0 saturated heterocycles. The largest absolute Gasteiger partial charge is 0.382 e. The van der Waals surface area contributed by atoms with Crippen LogP contribution in [0.3, 0.4) is 0 Å². The van der Waals surface area contributed by atoms with Crippen molar-refractivity contribution < 1.29 is 9.47 Å². The smallest absolute Gasteiger partial charge is 0.145 e. The summed E-state index contributed by atoms with van der Waals surface area (Å²) < 4.78 is 10.2. The van der Waals surface area contributed by atoms with Crippen LogP contribution in [0.15, 0.2) is 6.07 Å². The molecule has 1 aromatic rings. The second-order valence-corrected chi connectivity index (χ2v) is 3.36. The van der Waals surface area contributed by atoms with Gasteiger partial charge in [-0.3, -0.25) is 0 Å². The quantitative estimate of drug-likeness (QED) is 0.338. The standard InChI is InChI=1S/C10H19N5O2/c1-8-13-9(7-10(14-8)15-11)12-3-4-17-6-5-16-2/h7H,3-6,11H2,1-2H3,(H2,12,13,14,15). The number of hydrogen-bond acceptors (Lipinski definition) is 7. The summed E-state index contributed by atoms with van der Waals surface area (Å²) in [4.78, 5) is 8.30. The molecule has 0 aliphatic heterocycles. The molecule has 0 aromatic carbocycles. The molecule has 0 aliphatic rings. The molecular formula is C10H19N5O2. The Balaban J connectivity index is 2.28. The molecule has 0 aliphatic carbocycles. The lowest BCUT2D eigenvalue weighted by Crippen LogP contribution is -2.14. The lowest BCUT2D eigenvalue weighted by Gasteiger charge is -2.08. The molecule has 0 saturated carbocycles. The van der Waals surface area contributed by atoms with Gasteiger partial charge in [0, 0.05) is 19.7 Å². The van der Waals surface area contributed by atoms with E-state index in [-0.39, 0.29) is 0 Å². The fourth-order valence-electron chi connectivity index (χ4n) is 1.23. The number of nitrogen functional groups attached to an aromatic ring is 1. The van der Waals surface area contributed by atoms with Crippen LogP contribution in [0.2, 0.25) is 0 Å². The number of nitrogens with two attached hydrogens (primary N) is 1. The maximum atomic E-state index is 5.31. The Kier molecular flexibility index (Phi) is 6.23. The lowest BCUT2D eigenvalue weighted by molar-refractivity contribution is 0.0759. The van der Waals surface area contributed by atoms with E-state index in [0.29, 0.717) is 38.0 Å². The first kappa shape index (κ1) is 13.6. The zero-order chi connectivity index (χ0) is 12.5. The van der Waals surface area contributed by atoms with E-state index in [9.17, 15) is 0 Å². The zero-order valence-electron chi connectivity index (χ0n) is 10.2. The average Bonchev–Trinajstić information content (AvgIpc) is 2.33. The molecule has 1 aromatic heterocycles. The molecule has 7 heteroatoms. The number of aryl methyl sites for hydroxylation is 1. The third kappa shape index (κ3) is 5.43. The first-order valence-corrected chi connectivity index (χ1v) is 5.39. The van der Waals surface area contributed by atoms with E-state index in [1.165, 1.54) is 0 Å². The fraction of sp³-hybridized carbons (Fsp3) is 0.600. The van der Waals surface area contributed by atoms with E-state index in [4.69, 9.17) is 15.3 Å². The van der Waals surface area contributed by atoms with Crippen molar-refractivity contribution in [2.45, 2.75) is 6.92 Å². The molecule has 0 fully saturated rings. The van der Waals surface area contributed by atoms with Gasteiger partial charge in [-0.05, 0) is 6.92 Å². The highest BCUT2D eigenvalue weighted by molar-refractivity contribution is 5.46. The van der Waals surface area contributed by atoms with Crippen molar-refractivity contribution >= 4 is 11.6 Å². The number of methoxy groups -OCH3 is 1. The van der Waals surface area contributed by atoms with Gasteiger partial charge in [0.1, 0.15) is 17.5 Å². The van der Waals surface area contributed by atoms with Gasteiger partial charge in [-0.1, -0.05) is 0 Å². The lowest BCUT2D eigenvalue weighted by atomic mass is 10.5. The summed E-state index contributed by atoms with van der Waals surface area (Å²) in [6, 6.07) is 1.74. The number of aromatic nitrogens is 2. The Hall–Kier alpha value is -1.44. The summed E-state index contributed by atoms with van der Waals surface area (Å²) in [6.45, 7) is 4.27. The van der Waals surface area contributed by atoms with Crippen molar-refractivity contribution in [1.82, 2.24) is 9.97 Å². The first-order valence-electron chi connectivity index (χ1n) is 5.39. The number of ether oxygens (including phenoxy) is 2. The molecule has 0 atom stereocenters. The van der Waals surface area contributed by atoms with Crippen molar-refractivity contribution in [3.63, 3.8) is 0 Å². The molecule has 7 nitrogen and oxygen atoms in total. The van der Waals surface area contributed by atoms with E-state index in [1.807, 2.05) is 0 Å². The van der Waals surface area contributed by atoms with Gasteiger partial charge < -0.3 is 20.2 Å². The maximum Gasteiger partial charge on any atom is 0.145 e. The van der Waals surface area contributed by atoms with E-state index in [2.05, 4.69) is 20.7 Å². The van der Waals surface area contributed by atoms with E-state index < -0.39 is 0 Å². The van der Waals surface area contributed by atoms with E-state index >= 15 is 0 Å². The van der Waals surface area contributed by atoms with Gasteiger partial charge in [-0.25, -0.2) is 15.8 Å². The Morgan fingerprint density at radius 2 is 2.00 bits per heavy atom. The second kappa shape index (κ2) is 7.77. The Morgan fingerprint density at radius 1 is 1.24 bits per heavy atom. The summed E-state index contributed by atoms with van der Waals surface area (Å²) in [6.07, 6.45) is 0. The molecule has 96 valence electrons. The fourth-order valence-corrected chi connectivity index (χ4v) is 1.23. The monoisotopic (exact) mass is 241 g/mol. The third-order valence-electron chi connectivity index (χ3n) is 1.97. The maximum absolute atomic E-state index is 5.31. The van der Waals surface area contributed by atoms with Gasteiger partial charge >= 0.3 is 0 Å². The highest BCUT2D eigenvalue weighted by Crippen LogP contribution is 2.09. The van der Waals surface area contributed by atoms with Crippen LogP contribution in [0.5, 0.6) is 0 Å². The molecule has 0 unspecified atom stereocenters. The highest BCUT2D eigenvalue weighted by Gasteiger charge is 1.99. The van der Waals surface area contributed by atoms with Crippen molar-refractivity contribution in [3.05, 3.63) is 11.9 Å². The van der Waals surface area contributed by atoms with Crippen molar-refractivity contribution in [2.75, 3.05) is 44.2 Å². The minimum absolute atomic E-state index is 0.584. The third-order valence-corrected chi connectivity index (χ3v) is 1.97. The summed E-state index contributed by atoms with van der Waals surface area (Å²) in [5.74, 6) is 7.25. The average molecular weight is 241 g/mol.